The second kappa shape index (κ2) is 9.02. The van der Waals surface area contributed by atoms with Gasteiger partial charge >= 0.3 is 0 Å². The molecule has 4 heteroatoms. The first-order valence-corrected chi connectivity index (χ1v) is 10.1. The summed E-state index contributed by atoms with van der Waals surface area (Å²) in [7, 11) is 2.07. The van der Waals surface area contributed by atoms with Crippen LogP contribution in [0.1, 0.15) is 63.9 Å². The number of anilines is 2. The van der Waals surface area contributed by atoms with Crippen LogP contribution in [0.2, 0.25) is 0 Å². The number of para-hydroxylation sites is 1. The molecule has 26 heavy (non-hydrogen) atoms. The summed E-state index contributed by atoms with van der Waals surface area (Å²) >= 11 is 0. The number of pyridine rings is 1. The largest absolute Gasteiger partial charge is 0.359 e. The Morgan fingerprint density at radius 2 is 1.85 bits per heavy atom. The average Bonchev–Trinajstić information content (AvgIpc) is 3.02. The highest BCUT2D eigenvalue weighted by atomic mass is 16.1. The number of likely N-dealkylation sites (N-methyl/N-ethyl adjacent to an activating group) is 1. The van der Waals surface area contributed by atoms with Crippen LogP contribution in [0.4, 0.5) is 11.5 Å². The minimum absolute atomic E-state index is 0.131. The molecule has 1 aliphatic heterocycles. The number of nitrogens with one attached hydrogen (secondary N) is 1. The summed E-state index contributed by atoms with van der Waals surface area (Å²) in [6.07, 6.45) is 10.1. The molecule has 2 aromatic rings. The second-order valence-corrected chi connectivity index (χ2v) is 7.40. The number of aromatic nitrogens is 1. The zero-order valence-electron chi connectivity index (χ0n) is 16.2. The van der Waals surface area contributed by atoms with Crippen molar-refractivity contribution in [1.29, 1.82) is 0 Å². The summed E-state index contributed by atoms with van der Waals surface area (Å²) < 4.78 is 0. The van der Waals surface area contributed by atoms with Gasteiger partial charge in [0.1, 0.15) is 5.82 Å². The fraction of sp³-hybridized carbons (Fsp3) is 0.545. The molecule has 1 aliphatic rings. The maximum atomic E-state index is 12.5. The molecule has 1 aromatic carbocycles. The van der Waals surface area contributed by atoms with Crippen LogP contribution < -0.4 is 10.2 Å². The molecule has 0 radical (unpaired) electrons. The molecular formula is C22H31N3O. The number of unbranched alkanes of at least 4 members (excludes halogenated alkanes) is 6. The van der Waals surface area contributed by atoms with Crippen LogP contribution in [0.25, 0.3) is 10.9 Å². The first kappa shape index (κ1) is 18.7. The molecular weight excluding hydrogens is 322 g/mol. The molecule has 3 rings (SSSR count). The van der Waals surface area contributed by atoms with E-state index in [2.05, 4.69) is 30.3 Å². The van der Waals surface area contributed by atoms with E-state index in [0.29, 0.717) is 6.42 Å². The maximum Gasteiger partial charge on any atom is 0.224 e. The van der Waals surface area contributed by atoms with Crippen molar-refractivity contribution in [2.75, 3.05) is 23.8 Å². The Bertz CT molecular complexity index is 756. The van der Waals surface area contributed by atoms with Crippen LogP contribution in [-0.4, -0.2) is 24.5 Å². The number of carbonyl (C=O) groups excluding carboxylic acids is 1. The zero-order valence-corrected chi connectivity index (χ0v) is 16.2. The van der Waals surface area contributed by atoms with Gasteiger partial charge in [0.25, 0.3) is 0 Å². The zero-order chi connectivity index (χ0) is 18.4. The molecule has 1 amide bonds. The molecule has 0 bridgehead atoms. The van der Waals surface area contributed by atoms with Crippen molar-refractivity contribution >= 4 is 28.3 Å². The Kier molecular flexibility index (Phi) is 6.48. The quantitative estimate of drug-likeness (QED) is 0.622. The second-order valence-electron chi connectivity index (χ2n) is 7.40. The minimum Gasteiger partial charge on any atom is -0.359 e. The molecule has 0 atom stereocenters. The van der Waals surface area contributed by atoms with Gasteiger partial charge < -0.3 is 10.2 Å². The molecule has 0 unspecified atom stereocenters. The number of hydrogen-bond donors (Lipinski definition) is 1. The van der Waals surface area contributed by atoms with Crippen LogP contribution in [-0.2, 0) is 11.2 Å². The van der Waals surface area contributed by atoms with Gasteiger partial charge in [-0.05, 0) is 18.9 Å². The standard InChI is InChI=1S/C22H31N3O/c1-3-4-5-6-7-8-9-14-20(26)24-21-17-12-10-11-13-19(17)23-22-18(21)15-16-25(22)2/h10-13H,3-9,14-16H2,1-2H3,(H,23,24,26). The van der Waals surface area contributed by atoms with E-state index in [1.54, 1.807) is 0 Å². The lowest BCUT2D eigenvalue weighted by atomic mass is 10.1. The van der Waals surface area contributed by atoms with Crippen LogP contribution in [0.3, 0.4) is 0 Å². The monoisotopic (exact) mass is 353 g/mol. The number of nitrogens with zero attached hydrogens (tertiary/aromatic N) is 2. The number of carbonyl (C=O) groups is 1. The van der Waals surface area contributed by atoms with Crippen molar-refractivity contribution in [3.05, 3.63) is 29.8 Å². The van der Waals surface area contributed by atoms with Crippen LogP contribution in [0, 0.1) is 0 Å². The van der Waals surface area contributed by atoms with Gasteiger partial charge in [-0.25, -0.2) is 4.98 Å². The predicted molar refractivity (Wildman–Crippen MR) is 110 cm³/mol. The normalized spacial score (nSPS) is 13.2. The fourth-order valence-electron chi connectivity index (χ4n) is 3.76. The van der Waals surface area contributed by atoms with E-state index in [4.69, 9.17) is 4.98 Å². The highest BCUT2D eigenvalue weighted by molar-refractivity contribution is 6.04. The summed E-state index contributed by atoms with van der Waals surface area (Å²) in [6.45, 7) is 3.20. The Morgan fingerprint density at radius 3 is 2.65 bits per heavy atom. The van der Waals surface area contributed by atoms with Crippen molar-refractivity contribution in [3.8, 4) is 0 Å². The van der Waals surface area contributed by atoms with Crippen LogP contribution >= 0.6 is 0 Å². The van der Waals surface area contributed by atoms with Gasteiger partial charge in [-0.1, -0.05) is 63.6 Å². The Morgan fingerprint density at radius 1 is 1.12 bits per heavy atom. The van der Waals surface area contributed by atoms with Crippen molar-refractivity contribution in [2.45, 2.75) is 64.7 Å². The van der Waals surface area contributed by atoms with Gasteiger partial charge in [0.15, 0.2) is 0 Å². The molecule has 0 fully saturated rings. The lowest BCUT2D eigenvalue weighted by Crippen LogP contribution is -2.15. The van der Waals surface area contributed by atoms with Gasteiger partial charge in [0.2, 0.25) is 5.91 Å². The van der Waals surface area contributed by atoms with Crippen LogP contribution in [0.5, 0.6) is 0 Å². The summed E-state index contributed by atoms with van der Waals surface area (Å²) in [4.78, 5) is 19.5. The lowest BCUT2D eigenvalue weighted by molar-refractivity contribution is -0.116. The lowest BCUT2D eigenvalue weighted by Gasteiger charge is -2.16. The van der Waals surface area contributed by atoms with Gasteiger partial charge in [0, 0.05) is 31.0 Å². The summed E-state index contributed by atoms with van der Waals surface area (Å²) in [6, 6.07) is 8.10. The third-order valence-electron chi connectivity index (χ3n) is 5.30. The van der Waals surface area contributed by atoms with E-state index in [9.17, 15) is 4.79 Å². The van der Waals surface area contributed by atoms with Gasteiger partial charge in [-0.2, -0.15) is 0 Å². The fourth-order valence-corrected chi connectivity index (χ4v) is 3.76. The molecule has 2 heterocycles. The summed E-state index contributed by atoms with van der Waals surface area (Å²) in [5.74, 6) is 1.14. The molecule has 0 saturated heterocycles. The number of benzene rings is 1. The molecule has 0 spiro atoms. The average molecular weight is 354 g/mol. The Balaban J connectivity index is 1.62. The molecule has 0 aliphatic carbocycles. The van der Waals surface area contributed by atoms with E-state index < -0.39 is 0 Å². The first-order valence-electron chi connectivity index (χ1n) is 10.1. The number of hydrogen-bond acceptors (Lipinski definition) is 3. The van der Waals surface area contributed by atoms with Gasteiger partial charge in [-0.15, -0.1) is 0 Å². The number of fused-ring (bicyclic) bond motifs is 2. The van der Waals surface area contributed by atoms with Gasteiger partial charge in [-0.3, -0.25) is 4.79 Å². The van der Waals surface area contributed by atoms with E-state index in [1.807, 2.05) is 18.2 Å². The van der Waals surface area contributed by atoms with E-state index >= 15 is 0 Å². The van der Waals surface area contributed by atoms with Crippen molar-refractivity contribution in [3.63, 3.8) is 0 Å². The highest BCUT2D eigenvalue weighted by Gasteiger charge is 2.23. The Hall–Kier alpha value is -2.10. The maximum absolute atomic E-state index is 12.5. The summed E-state index contributed by atoms with van der Waals surface area (Å²) in [5.41, 5.74) is 3.10. The van der Waals surface area contributed by atoms with E-state index in [1.165, 1.54) is 37.7 Å². The molecule has 1 aromatic heterocycles. The van der Waals surface area contributed by atoms with Crippen molar-refractivity contribution in [1.82, 2.24) is 4.98 Å². The highest BCUT2D eigenvalue weighted by Crippen LogP contribution is 2.36. The van der Waals surface area contributed by atoms with Gasteiger partial charge in [0.05, 0.1) is 11.2 Å². The minimum atomic E-state index is 0.131. The predicted octanol–water partition coefficient (Wildman–Crippen LogP) is 5.31. The number of amides is 1. The van der Waals surface area contributed by atoms with Crippen LogP contribution in [0.15, 0.2) is 24.3 Å². The first-order chi connectivity index (χ1) is 12.7. The van der Waals surface area contributed by atoms with Crippen molar-refractivity contribution < 1.29 is 4.79 Å². The Labute approximate surface area is 157 Å². The third-order valence-corrected chi connectivity index (χ3v) is 5.30. The molecule has 1 N–H and O–H groups in total. The number of rotatable bonds is 9. The van der Waals surface area contributed by atoms with Crippen molar-refractivity contribution in [2.24, 2.45) is 0 Å². The van der Waals surface area contributed by atoms with E-state index in [-0.39, 0.29) is 5.91 Å². The molecule has 4 nitrogen and oxygen atoms in total. The smallest absolute Gasteiger partial charge is 0.224 e. The third kappa shape index (κ3) is 4.35. The summed E-state index contributed by atoms with van der Waals surface area (Å²) in [5, 5.41) is 4.26. The molecule has 0 saturated carbocycles. The SMILES string of the molecule is CCCCCCCCCC(=O)Nc1c2c(nc3ccccc13)N(C)CC2. The topological polar surface area (TPSA) is 45.2 Å². The van der Waals surface area contributed by atoms with E-state index in [0.717, 1.165) is 48.2 Å². The molecule has 140 valence electrons.